The van der Waals surface area contributed by atoms with Gasteiger partial charge in [-0.25, -0.2) is 4.39 Å². The lowest BCUT2D eigenvalue weighted by atomic mass is 10.1. The predicted octanol–water partition coefficient (Wildman–Crippen LogP) is 1.80. The zero-order valence-electron chi connectivity index (χ0n) is 8.95. The summed E-state index contributed by atoms with van der Waals surface area (Å²) in [6.45, 7) is 1.42. The summed E-state index contributed by atoms with van der Waals surface area (Å²) in [7, 11) is 0. The van der Waals surface area contributed by atoms with Crippen molar-refractivity contribution in [2.75, 3.05) is 5.32 Å². The zero-order valence-corrected chi connectivity index (χ0v) is 9.70. The van der Waals surface area contributed by atoms with Gasteiger partial charge in [0.15, 0.2) is 11.7 Å². The minimum atomic E-state index is -0.876. The van der Waals surface area contributed by atoms with Crippen LogP contribution in [0, 0.1) is 11.7 Å². The number of anilines is 1. The van der Waals surface area contributed by atoms with Crippen LogP contribution in [0.5, 0.6) is 0 Å². The van der Waals surface area contributed by atoms with E-state index in [0.29, 0.717) is 0 Å². The standard InChI is InChI=1S/C10H11ClFN3O2/c1-5(9(13)15-17)10(16)14-7-4-2-3-6(11)8(7)12/h2-5,17H,1H3,(H2,13,15)(H,14,16). The molecule has 0 aliphatic carbocycles. The van der Waals surface area contributed by atoms with E-state index in [2.05, 4.69) is 10.5 Å². The Labute approximate surface area is 102 Å². The highest BCUT2D eigenvalue weighted by Crippen LogP contribution is 2.22. The van der Waals surface area contributed by atoms with Crippen LogP contribution in [0.3, 0.4) is 0 Å². The lowest BCUT2D eigenvalue weighted by molar-refractivity contribution is -0.117. The SMILES string of the molecule is CC(C(=O)Nc1cccc(Cl)c1F)/C(N)=N/O. The van der Waals surface area contributed by atoms with Gasteiger partial charge in [0.05, 0.1) is 16.6 Å². The lowest BCUT2D eigenvalue weighted by Gasteiger charge is -2.11. The Morgan fingerprint density at radius 2 is 2.29 bits per heavy atom. The number of hydrogen-bond donors (Lipinski definition) is 3. The fourth-order valence-corrected chi connectivity index (χ4v) is 1.24. The summed E-state index contributed by atoms with van der Waals surface area (Å²) in [5, 5.41) is 13.3. The number of nitrogens with one attached hydrogen (secondary N) is 1. The number of halogens is 2. The van der Waals surface area contributed by atoms with Crippen LogP contribution in [-0.2, 0) is 4.79 Å². The van der Waals surface area contributed by atoms with Gasteiger partial charge in [0.25, 0.3) is 0 Å². The first kappa shape index (κ1) is 13.2. The molecule has 0 aliphatic heterocycles. The second kappa shape index (κ2) is 5.49. The maximum Gasteiger partial charge on any atom is 0.235 e. The Morgan fingerprint density at radius 3 is 2.88 bits per heavy atom. The van der Waals surface area contributed by atoms with Gasteiger partial charge in [-0.15, -0.1) is 0 Å². The third-order valence-electron chi connectivity index (χ3n) is 2.16. The van der Waals surface area contributed by atoms with Crippen molar-refractivity contribution in [3.63, 3.8) is 0 Å². The molecule has 0 aromatic heterocycles. The van der Waals surface area contributed by atoms with Crippen LogP contribution in [-0.4, -0.2) is 17.0 Å². The van der Waals surface area contributed by atoms with Gasteiger partial charge in [0.2, 0.25) is 5.91 Å². The van der Waals surface area contributed by atoms with Gasteiger partial charge in [-0.2, -0.15) is 0 Å². The number of amides is 1. The minimum absolute atomic E-state index is 0.0555. The van der Waals surface area contributed by atoms with E-state index in [1.807, 2.05) is 0 Å². The number of carbonyl (C=O) groups excluding carboxylic acids is 1. The third kappa shape index (κ3) is 3.07. The molecular weight excluding hydrogens is 249 g/mol. The Hall–Kier alpha value is -1.82. The molecule has 0 bridgehead atoms. The first-order valence-electron chi connectivity index (χ1n) is 4.69. The maximum atomic E-state index is 13.5. The van der Waals surface area contributed by atoms with E-state index >= 15 is 0 Å². The smallest absolute Gasteiger partial charge is 0.235 e. The number of rotatable bonds is 3. The molecule has 1 amide bonds. The Kier molecular flexibility index (Phi) is 4.28. The van der Waals surface area contributed by atoms with Crippen molar-refractivity contribution in [3.05, 3.63) is 29.0 Å². The van der Waals surface area contributed by atoms with E-state index in [9.17, 15) is 9.18 Å². The van der Waals surface area contributed by atoms with Crippen molar-refractivity contribution in [2.45, 2.75) is 6.92 Å². The quantitative estimate of drug-likeness (QED) is 0.335. The minimum Gasteiger partial charge on any atom is -0.409 e. The maximum absolute atomic E-state index is 13.5. The number of amidine groups is 1. The normalized spacial score (nSPS) is 13.2. The van der Waals surface area contributed by atoms with E-state index in [4.69, 9.17) is 22.5 Å². The monoisotopic (exact) mass is 259 g/mol. The van der Waals surface area contributed by atoms with Gasteiger partial charge in [0.1, 0.15) is 0 Å². The molecule has 0 saturated carbocycles. The second-order valence-electron chi connectivity index (χ2n) is 3.34. The average Bonchev–Trinajstić information content (AvgIpc) is 2.32. The van der Waals surface area contributed by atoms with Crippen LogP contribution in [0.15, 0.2) is 23.4 Å². The molecule has 0 spiro atoms. The van der Waals surface area contributed by atoms with Gasteiger partial charge >= 0.3 is 0 Å². The summed E-state index contributed by atoms with van der Waals surface area (Å²) < 4.78 is 13.5. The van der Waals surface area contributed by atoms with E-state index in [0.717, 1.165) is 0 Å². The molecule has 7 heteroatoms. The van der Waals surface area contributed by atoms with Crippen LogP contribution < -0.4 is 11.1 Å². The largest absolute Gasteiger partial charge is 0.409 e. The highest BCUT2D eigenvalue weighted by atomic mass is 35.5. The van der Waals surface area contributed by atoms with Crippen molar-refractivity contribution < 1.29 is 14.4 Å². The van der Waals surface area contributed by atoms with Crippen molar-refractivity contribution in [2.24, 2.45) is 16.8 Å². The molecule has 0 saturated heterocycles. The van der Waals surface area contributed by atoms with Crippen LogP contribution in [0.2, 0.25) is 5.02 Å². The molecule has 1 atom stereocenters. The van der Waals surface area contributed by atoms with Gasteiger partial charge in [-0.05, 0) is 19.1 Å². The number of carbonyl (C=O) groups is 1. The number of hydrogen-bond acceptors (Lipinski definition) is 3. The molecular formula is C10H11ClFN3O2. The number of nitrogens with two attached hydrogens (primary N) is 1. The Bertz CT molecular complexity index is 465. The molecule has 5 nitrogen and oxygen atoms in total. The van der Waals surface area contributed by atoms with E-state index in [1.54, 1.807) is 0 Å². The second-order valence-corrected chi connectivity index (χ2v) is 3.74. The van der Waals surface area contributed by atoms with Crippen LogP contribution in [0.25, 0.3) is 0 Å². The fraction of sp³-hybridized carbons (Fsp3) is 0.200. The molecule has 0 heterocycles. The molecule has 1 rings (SSSR count). The summed E-state index contributed by atoms with van der Waals surface area (Å²) in [4.78, 5) is 11.6. The highest BCUT2D eigenvalue weighted by Gasteiger charge is 2.19. The van der Waals surface area contributed by atoms with Crippen LogP contribution >= 0.6 is 11.6 Å². The van der Waals surface area contributed by atoms with Gasteiger partial charge in [-0.3, -0.25) is 4.79 Å². The molecule has 0 aliphatic rings. The number of benzene rings is 1. The van der Waals surface area contributed by atoms with E-state index < -0.39 is 17.6 Å². The van der Waals surface area contributed by atoms with Gasteiger partial charge in [0, 0.05) is 0 Å². The van der Waals surface area contributed by atoms with Crippen molar-refractivity contribution >= 4 is 29.0 Å². The van der Waals surface area contributed by atoms with Crippen molar-refractivity contribution in [1.82, 2.24) is 0 Å². The average molecular weight is 260 g/mol. The summed E-state index contributed by atoms with van der Waals surface area (Å²) in [5.74, 6) is -2.46. The van der Waals surface area contributed by atoms with Crippen LogP contribution in [0.4, 0.5) is 10.1 Å². The molecule has 0 radical (unpaired) electrons. The Balaban J connectivity index is 2.85. The van der Waals surface area contributed by atoms with E-state index in [-0.39, 0.29) is 16.5 Å². The number of nitrogens with zero attached hydrogens (tertiary/aromatic N) is 1. The fourth-order valence-electron chi connectivity index (χ4n) is 1.06. The first-order chi connectivity index (χ1) is 7.97. The highest BCUT2D eigenvalue weighted by molar-refractivity contribution is 6.31. The molecule has 1 aromatic rings. The molecule has 1 unspecified atom stereocenters. The summed E-state index contributed by atoms with van der Waals surface area (Å²) in [5.41, 5.74) is 5.20. The van der Waals surface area contributed by atoms with Crippen molar-refractivity contribution in [3.8, 4) is 0 Å². The van der Waals surface area contributed by atoms with Gasteiger partial charge in [-0.1, -0.05) is 22.8 Å². The van der Waals surface area contributed by atoms with Crippen molar-refractivity contribution in [1.29, 1.82) is 0 Å². The summed E-state index contributed by atoms with van der Waals surface area (Å²) in [6.07, 6.45) is 0. The number of oxime groups is 1. The molecule has 92 valence electrons. The Morgan fingerprint density at radius 1 is 1.65 bits per heavy atom. The summed E-state index contributed by atoms with van der Waals surface area (Å²) >= 11 is 5.55. The summed E-state index contributed by atoms with van der Waals surface area (Å²) in [6, 6.07) is 4.22. The topological polar surface area (TPSA) is 87.7 Å². The predicted molar refractivity (Wildman–Crippen MR) is 62.6 cm³/mol. The van der Waals surface area contributed by atoms with Crippen LogP contribution in [0.1, 0.15) is 6.92 Å². The van der Waals surface area contributed by atoms with E-state index in [1.165, 1.54) is 25.1 Å². The van der Waals surface area contributed by atoms with Gasteiger partial charge < -0.3 is 16.3 Å². The molecule has 17 heavy (non-hydrogen) atoms. The third-order valence-corrected chi connectivity index (χ3v) is 2.45. The first-order valence-corrected chi connectivity index (χ1v) is 5.07. The molecule has 0 fully saturated rings. The lowest BCUT2D eigenvalue weighted by Crippen LogP contribution is -2.32. The molecule has 4 N–H and O–H groups in total. The zero-order chi connectivity index (χ0) is 13.0. The molecule has 1 aromatic carbocycles.